The highest BCUT2D eigenvalue weighted by molar-refractivity contribution is 6.45. The molecule has 0 atom stereocenters. The van der Waals surface area contributed by atoms with Crippen LogP contribution in [0.3, 0.4) is 0 Å². The Kier molecular flexibility index (Phi) is 5.52. The molecule has 1 N–H and O–H groups in total. The van der Waals surface area contributed by atoms with Crippen LogP contribution in [0.5, 0.6) is 5.75 Å². The number of para-hydroxylation sites is 1. The van der Waals surface area contributed by atoms with Crippen molar-refractivity contribution in [1.29, 1.82) is 0 Å². The second-order valence-corrected chi connectivity index (χ2v) is 5.31. The van der Waals surface area contributed by atoms with Crippen LogP contribution in [0.2, 0.25) is 0 Å². The molecule has 0 saturated heterocycles. The van der Waals surface area contributed by atoms with Crippen LogP contribution in [0.1, 0.15) is 22.3 Å². The number of carbonyl (C=O) groups is 1. The average Bonchev–Trinajstić information content (AvgIpc) is 2.56. The van der Waals surface area contributed by atoms with E-state index < -0.39 is 0 Å². The third kappa shape index (κ3) is 3.77. The molecule has 4 heteroatoms. The number of carbonyl (C=O) groups excluding carboxylic acids is 1. The smallest absolute Gasteiger partial charge is 0.269 e. The summed E-state index contributed by atoms with van der Waals surface area (Å²) >= 11 is 0. The van der Waals surface area contributed by atoms with Gasteiger partial charge in [-0.2, -0.15) is 0 Å². The van der Waals surface area contributed by atoms with Gasteiger partial charge in [0.25, 0.3) is 5.91 Å². The quantitative estimate of drug-likeness (QED) is 0.863. The second-order valence-electron chi connectivity index (χ2n) is 5.31. The van der Waals surface area contributed by atoms with Crippen molar-refractivity contribution in [3.63, 3.8) is 0 Å². The van der Waals surface area contributed by atoms with Gasteiger partial charge in [-0.3, -0.25) is 9.79 Å². The van der Waals surface area contributed by atoms with Gasteiger partial charge in [-0.15, -0.1) is 0 Å². The summed E-state index contributed by atoms with van der Waals surface area (Å²) in [5, 5.41) is 2.64. The first kappa shape index (κ1) is 16.7. The topological polar surface area (TPSA) is 50.7 Å². The minimum atomic E-state index is -0.195. The van der Waals surface area contributed by atoms with Crippen molar-refractivity contribution in [2.45, 2.75) is 20.5 Å². The first-order chi connectivity index (χ1) is 11.1. The lowest BCUT2D eigenvalue weighted by atomic mass is 9.97. The maximum absolute atomic E-state index is 12.1. The van der Waals surface area contributed by atoms with Gasteiger partial charge in [-0.1, -0.05) is 36.4 Å². The number of benzene rings is 2. The Bertz CT molecular complexity index is 736. The minimum Gasteiger partial charge on any atom is -0.489 e. The van der Waals surface area contributed by atoms with E-state index in [1.54, 1.807) is 14.1 Å². The number of aliphatic imine (C=N–C) groups is 1. The fourth-order valence-electron chi connectivity index (χ4n) is 2.51. The Morgan fingerprint density at radius 3 is 2.43 bits per heavy atom. The molecule has 0 spiro atoms. The first-order valence-electron chi connectivity index (χ1n) is 7.54. The lowest BCUT2D eigenvalue weighted by molar-refractivity contribution is -0.114. The lowest BCUT2D eigenvalue weighted by Gasteiger charge is -2.15. The summed E-state index contributed by atoms with van der Waals surface area (Å²) in [7, 11) is 3.23. The SMILES string of the molecule is CN=C(C(=O)NC)c1c(C)cccc1COc1ccccc1C. The van der Waals surface area contributed by atoms with Gasteiger partial charge in [-0.25, -0.2) is 0 Å². The van der Waals surface area contributed by atoms with Crippen molar-refractivity contribution in [3.05, 3.63) is 64.7 Å². The van der Waals surface area contributed by atoms with Gasteiger partial charge in [-0.05, 0) is 36.6 Å². The van der Waals surface area contributed by atoms with Crippen LogP contribution >= 0.6 is 0 Å². The average molecular weight is 310 g/mol. The fourth-order valence-corrected chi connectivity index (χ4v) is 2.51. The van der Waals surface area contributed by atoms with E-state index in [0.717, 1.165) is 28.0 Å². The van der Waals surface area contributed by atoms with Crippen LogP contribution in [0.15, 0.2) is 47.5 Å². The van der Waals surface area contributed by atoms with Crippen LogP contribution < -0.4 is 10.1 Å². The highest BCUT2D eigenvalue weighted by atomic mass is 16.5. The van der Waals surface area contributed by atoms with E-state index >= 15 is 0 Å². The molecule has 0 saturated carbocycles. The van der Waals surface area contributed by atoms with E-state index in [1.807, 2.05) is 56.3 Å². The van der Waals surface area contributed by atoms with E-state index in [0.29, 0.717) is 12.3 Å². The Labute approximate surface area is 137 Å². The number of amides is 1. The van der Waals surface area contributed by atoms with Gasteiger partial charge >= 0.3 is 0 Å². The van der Waals surface area contributed by atoms with E-state index in [-0.39, 0.29) is 5.91 Å². The first-order valence-corrected chi connectivity index (χ1v) is 7.54. The van der Waals surface area contributed by atoms with Crippen molar-refractivity contribution >= 4 is 11.6 Å². The number of hydrogen-bond acceptors (Lipinski definition) is 3. The van der Waals surface area contributed by atoms with Crippen LogP contribution in [0.4, 0.5) is 0 Å². The molecular formula is C19H22N2O2. The molecular weight excluding hydrogens is 288 g/mol. The van der Waals surface area contributed by atoms with Crippen molar-refractivity contribution in [2.24, 2.45) is 4.99 Å². The summed E-state index contributed by atoms with van der Waals surface area (Å²) in [6.45, 7) is 4.37. The monoisotopic (exact) mass is 310 g/mol. The summed E-state index contributed by atoms with van der Waals surface area (Å²) in [6, 6.07) is 13.8. The van der Waals surface area contributed by atoms with Gasteiger partial charge in [0.2, 0.25) is 0 Å². The third-order valence-electron chi connectivity index (χ3n) is 3.74. The molecule has 0 aliphatic heterocycles. The van der Waals surface area contributed by atoms with Gasteiger partial charge in [0.05, 0.1) is 0 Å². The lowest BCUT2D eigenvalue weighted by Crippen LogP contribution is -2.30. The molecule has 2 rings (SSSR count). The molecule has 4 nitrogen and oxygen atoms in total. The third-order valence-corrected chi connectivity index (χ3v) is 3.74. The molecule has 0 heterocycles. The van der Waals surface area contributed by atoms with Crippen LogP contribution in [0, 0.1) is 13.8 Å². The summed E-state index contributed by atoms with van der Waals surface area (Å²) < 4.78 is 5.94. The molecule has 0 aliphatic carbocycles. The van der Waals surface area contributed by atoms with Gasteiger partial charge in [0, 0.05) is 19.7 Å². The predicted octanol–water partition coefficient (Wildman–Crippen LogP) is 3.05. The van der Waals surface area contributed by atoms with Gasteiger partial charge < -0.3 is 10.1 Å². The molecule has 0 fully saturated rings. The highest BCUT2D eigenvalue weighted by Gasteiger charge is 2.18. The van der Waals surface area contributed by atoms with Gasteiger partial charge in [0.15, 0.2) is 0 Å². The Hall–Kier alpha value is -2.62. The Balaban J connectivity index is 2.35. The molecule has 1 amide bonds. The Morgan fingerprint density at radius 1 is 1.09 bits per heavy atom. The number of rotatable bonds is 5. The molecule has 0 aromatic heterocycles. The van der Waals surface area contributed by atoms with Crippen LogP contribution in [-0.4, -0.2) is 25.7 Å². The molecule has 0 aliphatic rings. The maximum atomic E-state index is 12.1. The molecule has 2 aromatic rings. The molecule has 0 bridgehead atoms. The number of hydrogen-bond donors (Lipinski definition) is 1. The molecule has 0 unspecified atom stereocenters. The van der Waals surface area contributed by atoms with E-state index in [4.69, 9.17) is 4.74 Å². The minimum absolute atomic E-state index is 0.195. The number of aryl methyl sites for hydroxylation is 2. The second kappa shape index (κ2) is 7.58. The summed E-state index contributed by atoms with van der Waals surface area (Å²) in [5.74, 6) is 0.647. The highest BCUT2D eigenvalue weighted by Crippen LogP contribution is 2.21. The van der Waals surface area contributed by atoms with Crippen molar-refractivity contribution in [1.82, 2.24) is 5.32 Å². The van der Waals surface area contributed by atoms with Crippen molar-refractivity contribution in [2.75, 3.05) is 14.1 Å². The van der Waals surface area contributed by atoms with E-state index in [9.17, 15) is 4.79 Å². The standard InChI is InChI=1S/C19H22N2O2/c1-13-8-5-6-11-16(13)23-12-15-10-7-9-14(2)17(15)18(20-3)19(22)21-4/h5-11H,12H2,1-4H3,(H,21,22). The predicted molar refractivity (Wildman–Crippen MR) is 93.2 cm³/mol. The molecule has 2 aromatic carbocycles. The number of likely N-dealkylation sites (N-methyl/N-ethyl adjacent to an activating group) is 1. The number of ether oxygens (including phenoxy) is 1. The molecule has 0 radical (unpaired) electrons. The summed E-state index contributed by atoms with van der Waals surface area (Å²) in [4.78, 5) is 16.3. The zero-order chi connectivity index (χ0) is 16.8. The molecule has 120 valence electrons. The van der Waals surface area contributed by atoms with E-state index in [2.05, 4.69) is 10.3 Å². The number of nitrogens with one attached hydrogen (secondary N) is 1. The zero-order valence-corrected chi connectivity index (χ0v) is 14.0. The summed E-state index contributed by atoms with van der Waals surface area (Å²) in [6.07, 6.45) is 0. The van der Waals surface area contributed by atoms with E-state index in [1.165, 1.54) is 0 Å². The number of nitrogens with zero attached hydrogens (tertiary/aromatic N) is 1. The Morgan fingerprint density at radius 2 is 1.78 bits per heavy atom. The molecule has 23 heavy (non-hydrogen) atoms. The maximum Gasteiger partial charge on any atom is 0.269 e. The van der Waals surface area contributed by atoms with Crippen LogP contribution in [0.25, 0.3) is 0 Å². The summed E-state index contributed by atoms with van der Waals surface area (Å²) in [5.41, 5.74) is 4.28. The normalized spacial score (nSPS) is 11.2. The van der Waals surface area contributed by atoms with Crippen molar-refractivity contribution in [3.8, 4) is 5.75 Å². The van der Waals surface area contributed by atoms with Gasteiger partial charge in [0.1, 0.15) is 18.1 Å². The van der Waals surface area contributed by atoms with Crippen molar-refractivity contribution < 1.29 is 9.53 Å². The van der Waals surface area contributed by atoms with Crippen LogP contribution in [-0.2, 0) is 11.4 Å². The fraction of sp³-hybridized carbons (Fsp3) is 0.263. The largest absolute Gasteiger partial charge is 0.489 e. The zero-order valence-electron chi connectivity index (χ0n) is 14.0.